The van der Waals surface area contributed by atoms with E-state index in [2.05, 4.69) is 10.6 Å². The van der Waals surface area contributed by atoms with Crippen molar-refractivity contribution >= 4 is 34.5 Å². The maximum absolute atomic E-state index is 13.5. The number of nitrogens with one attached hydrogen (secondary N) is 2. The molecule has 1 heterocycles. The van der Waals surface area contributed by atoms with Gasteiger partial charge in [-0.2, -0.15) is 4.39 Å². The van der Waals surface area contributed by atoms with Crippen LogP contribution in [0.25, 0.3) is 0 Å². The highest BCUT2D eigenvalue weighted by molar-refractivity contribution is 7.12. The van der Waals surface area contributed by atoms with Gasteiger partial charge in [-0.25, -0.2) is 0 Å². The maximum Gasteiger partial charge on any atom is 0.306 e. The summed E-state index contributed by atoms with van der Waals surface area (Å²) in [5.74, 6) is -1.97. The first-order valence-corrected chi connectivity index (χ1v) is 9.45. The molecule has 0 bridgehead atoms. The smallest absolute Gasteiger partial charge is 0.306 e. The third-order valence-electron chi connectivity index (χ3n) is 4.06. The lowest BCUT2D eigenvalue weighted by Crippen LogP contribution is -2.45. The van der Waals surface area contributed by atoms with Crippen molar-refractivity contribution < 1.29 is 18.9 Å². The molecular formula is C20H16FN3O4S. The number of carbonyl (C=O) groups is 2. The lowest BCUT2D eigenvalue weighted by molar-refractivity contribution is -0.387. The number of nitrogens with zero attached hydrogens (tertiary/aromatic N) is 1. The fourth-order valence-electron chi connectivity index (χ4n) is 2.66. The fraction of sp³-hybridized carbons (Fsp3) is 0.100. The zero-order valence-corrected chi connectivity index (χ0v) is 15.8. The normalized spacial score (nSPS) is 11.5. The zero-order valence-electron chi connectivity index (χ0n) is 15.0. The highest BCUT2D eigenvalue weighted by atomic mass is 32.1. The van der Waals surface area contributed by atoms with Gasteiger partial charge in [-0.3, -0.25) is 19.7 Å². The van der Waals surface area contributed by atoms with Crippen LogP contribution >= 0.6 is 11.3 Å². The quantitative estimate of drug-likeness (QED) is 0.455. The average Bonchev–Trinajstić information content (AvgIpc) is 3.24. The molecule has 3 aromatic rings. The molecule has 1 unspecified atom stereocenters. The number of halogens is 1. The second kappa shape index (κ2) is 9.07. The Morgan fingerprint density at radius 1 is 1.10 bits per heavy atom. The van der Waals surface area contributed by atoms with Gasteiger partial charge in [0.15, 0.2) is 0 Å². The van der Waals surface area contributed by atoms with Crippen LogP contribution < -0.4 is 10.6 Å². The van der Waals surface area contributed by atoms with Gasteiger partial charge in [0, 0.05) is 18.2 Å². The van der Waals surface area contributed by atoms with E-state index in [4.69, 9.17) is 0 Å². The van der Waals surface area contributed by atoms with Crippen LogP contribution in [0.1, 0.15) is 15.2 Å². The predicted octanol–water partition coefficient (Wildman–Crippen LogP) is 3.78. The van der Waals surface area contributed by atoms with E-state index in [1.165, 1.54) is 17.4 Å². The van der Waals surface area contributed by atoms with Gasteiger partial charge in [0.25, 0.3) is 5.91 Å². The summed E-state index contributed by atoms with van der Waals surface area (Å²) < 4.78 is 13.5. The monoisotopic (exact) mass is 413 g/mol. The third-order valence-corrected chi connectivity index (χ3v) is 4.93. The van der Waals surface area contributed by atoms with Crippen molar-refractivity contribution in [2.75, 3.05) is 5.32 Å². The SMILES string of the molecule is O=C(NC(Cc1ccccc1)C(=O)Nc1ccc(F)c([N+](=O)[O-])c1)c1cccs1. The van der Waals surface area contributed by atoms with E-state index in [1.54, 1.807) is 17.5 Å². The van der Waals surface area contributed by atoms with Gasteiger partial charge in [0.1, 0.15) is 6.04 Å². The lowest BCUT2D eigenvalue weighted by Gasteiger charge is -2.18. The molecule has 0 saturated heterocycles. The Morgan fingerprint density at radius 2 is 1.86 bits per heavy atom. The van der Waals surface area contributed by atoms with Gasteiger partial charge in [-0.1, -0.05) is 36.4 Å². The topological polar surface area (TPSA) is 101 Å². The van der Waals surface area contributed by atoms with E-state index in [0.717, 1.165) is 17.7 Å². The van der Waals surface area contributed by atoms with Gasteiger partial charge in [0.2, 0.25) is 11.7 Å². The Balaban J connectivity index is 1.80. The summed E-state index contributed by atoms with van der Waals surface area (Å²) in [7, 11) is 0. The summed E-state index contributed by atoms with van der Waals surface area (Å²) in [6.07, 6.45) is 0.215. The molecule has 3 rings (SSSR count). The second-order valence-electron chi connectivity index (χ2n) is 6.11. The van der Waals surface area contributed by atoms with Crippen molar-refractivity contribution in [3.05, 3.63) is 92.4 Å². The van der Waals surface area contributed by atoms with Crippen molar-refractivity contribution in [2.45, 2.75) is 12.5 Å². The minimum Gasteiger partial charge on any atom is -0.339 e. The van der Waals surface area contributed by atoms with Crippen LogP contribution in [0, 0.1) is 15.9 Å². The van der Waals surface area contributed by atoms with Crippen molar-refractivity contribution in [1.82, 2.24) is 5.32 Å². The van der Waals surface area contributed by atoms with Crippen LogP contribution in [0.5, 0.6) is 0 Å². The Morgan fingerprint density at radius 3 is 2.52 bits per heavy atom. The molecule has 1 aromatic heterocycles. The zero-order chi connectivity index (χ0) is 20.8. The second-order valence-corrected chi connectivity index (χ2v) is 7.05. The number of amides is 2. The Kier molecular flexibility index (Phi) is 6.30. The van der Waals surface area contributed by atoms with Crippen LogP contribution in [0.15, 0.2) is 66.0 Å². The summed E-state index contributed by atoms with van der Waals surface area (Å²) >= 11 is 1.24. The molecule has 9 heteroatoms. The first-order valence-electron chi connectivity index (χ1n) is 8.57. The Hall–Kier alpha value is -3.59. The number of carbonyl (C=O) groups excluding carboxylic acids is 2. The third kappa shape index (κ3) is 5.23. The molecule has 2 N–H and O–H groups in total. The van der Waals surface area contributed by atoms with E-state index in [9.17, 15) is 24.1 Å². The Labute approximate surface area is 169 Å². The van der Waals surface area contributed by atoms with Gasteiger partial charge < -0.3 is 10.6 Å². The largest absolute Gasteiger partial charge is 0.339 e. The molecule has 0 aliphatic carbocycles. The summed E-state index contributed by atoms with van der Waals surface area (Å²) in [4.78, 5) is 35.7. The number of nitro benzene ring substituents is 1. The van der Waals surface area contributed by atoms with E-state index in [-0.39, 0.29) is 12.1 Å². The maximum atomic E-state index is 13.5. The van der Waals surface area contributed by atoms with E-state index >= 15 is 0 Å². The molecule has 0 fully saturated rings. The number of anilines is 1. The van der Waals surface area contributed by atoms with Crippen LogP contribution in [0.4, 0.5) is 15.8 Å². The number of rotatable bonds is 7. The molecule has 7 nitrogen and oxygen atoms in total. The molecule has 0 aliphatic rings. The van der Waals surface area contributed by atoms with Crippen molar-refractivity contribution in [2.24, 2.45) is 0 Å². The number of benzene rings is 2. The molecule has 0 aliphatic heterocycles. The molecule has 0 radical (unpaired) electrons. The molecule has 1 atom stereocenters. The van der Waals surface area contributed by atoms with Gasteiger partial charge in [-0.15, -0.1) is 11.3 Å². The number of nitro groups is 1. The highest BCUT2D eigenvalue weighted by Gasteiger charge is 2.23. The summed E-state index contributed by atoms with van der Waals surface area (Å²) in [6, 6.07) is 14.6. The summed E-state index contributed by atoms with van der Waals surface area (Å²) in [5.41, 5.74) is 0.140. The van der Waals surface area contributed by atoms with E-state index < -0.39 is 34.3 Å². The van der Waals surface area contributed by atoms with Crippen LogP contribution in [0.3, 0.4) is 0 Å². The van der Waals surface area contributed by atoms with Crippen molar-refractivity contribution in [1.29, 1.82) is 0 Å². The van der Waals surface area contributed by atoms with Crippen LogP contribution in [-0.4, -0.2) is 22.8 Å². The van der Waals surface area contributed by atoms with Gasteiger partial charge >= 0.3 is 5.69 Å². The minimum atomic E-state index is -1.00. The van der Waals surface area contributed by atoms with Gasteiger partial charge in [-0.05, 0) is 29.1 Å². The number of hydrogen-bond donors (Lipinski definition) is 2. The Bertz CT molecular complexity index is 1030. The predicted molar refractivity (Wildman–Crippen MR) is 107 cm³/mol. The summed E-state index contributed by atoms with van der Waals surface area (Å²) in [6.45, 7) is 0. The summed E-state index contributed by atoms with van der Waals surface area (Å²) in [5, 5.41) is 17.9. The first kappa shape index (κ1) is 20.2. The average molecular weight is 413 g/mol. The first-order chi connectivity index (χ1) is 13.9. The minimum absolute atomic E-state index is 0.0616. The fourth-order valence-corrected chi connectivity index (χ4v) is 3.28. The van der Waals surface area contributed by atoms with Crippen LogP contribution in [-0.2, 0) is 11.2 Å². The number of thiophene rings is 1. The molecule has 0 spiro atoms. The molecule has 29 heavy (non-hydrogen) atoms. The molecule has 2 aromatic carbocycles. The molecule has 2 amide bonds. The van der Waals surface area contributed by atoms with Crippen molar-refractivity contribution in [3.8, 4) is 0 Å². The lowest BCUT2D eigenvalue weighted by atomic mass is 10.0. The van der Waals surface area contributed by atoms with Gasteiger partial charge in [0.05, 0.1) is 9.80 Å². The molecule has 148 valence electrons. The van der Waals surface area contributed by atoms with E-state index in [1.807, 2.05) is 30.3 Å². The van der Waals surface area contributed by atoms with Crippen LogP contribution in [0.2, 0.25) is 0 Å². The number of hydrogen-bond acceptors (Lipinski definition) is 5. The standard InChI is InChI=1S/C20H16FN3O4S/c21-15-9-8-14(12-17(15)24(27)28)22-19(25)16(11-13-5-2-1-3-6-13)23-20(26)18-7-4-10-29-18/h1-10,12,16H,11H2,(H,22,25)(H,23,26). The molecular weight excluding hydrogens is 397 g/mol. The van der Waals surface area contributed by atoms with Crippen molar-refractivity contribution in [3.63, 3.8) is 0 Å². The molecule has 0 saturated carbocycles. The highest BCUT2D eigenvalue weighted by Crippen LogP contribution is 2.22. The van der Waals surface area contributed by atoms with E-state index in [0.29, 0.717) is 4.88 Å².